The number of ether oxygens (including phenoxy) is 1. The number of amides is 1. The zero-order valence-corrected chi connectivity index (χ0v) is 15.0. The van der Waals surface area contributed by atoms with Crippen LogP contribution in [0.25, 0.3) is 11.3 Å². The van der Waals surface area contributed by atoms with E-state index in [4.69, 9.17) is 9.72 Å². The Kier molecular flexibility index (Phi) is 5.58. The van der Waals surface area contributed by atoms with Crippen LogP contribution in [0, 0.1) is 0 Å². The van der Waals surface area contributed by atoms with Gasteiger partial charge >= 0.3 is 0 Å². The molecule has 1 atom stereocenters. The predicted octanol–water partition coefficient (Wildman–Crippen LogP) is 4.18. The van der Waals surface area contributed by atoms with Gasteiger partial charge in [0.1, 0.15) is 11.0 Å². The van der Waals surface area contributed by atoms with Crippen molar-refractivity contribution in [1.29, 1.82) is 0 Å². The maximum absolute atomic E-state index is 11.6. The van der Waals surface area contributed by atoms with Crippen LogP contribution < -0.4 is 5.32 Å². The lowest BCUT2D eigenvalue weighted by Gasteiger charge is -2.15. The van der Waals surface area contributed by atoms with Crippen molar-refractivity contribution in [1.82, 2.24) is 10.3 Å². The standard InChI is InChI=1S/C20H20N2O2S/c1-14(23)21-19(16-8-4-3-5-9-16)20-22-18(13-25-20)17-10-6-7-15(11-17)12-24-2/h3-11,13,19H,12H2,1-2H3,(H,21,23). The highest BCUT2D eigenvalue weighted by Crippen LogP contribution is 2.29. The van der Waals surface area contributed by atoms with Gasteiger partial charge in [-0.25, -0.2) is 4.98 Å². The molecular weight excluding hydrogens is 332 g/mol. The van der Waals surface area contributed by atoms with Crippen molar-refractivity contribution in [3.05, 3.63) is 76.1 Å². The second-order valence-electron chi connectivity index (χ2n) is 5.75. The molecule has 0 saturated heterocycles. The molecule has 0 bridgehead atoms. The van der Waals surface area contributed by atoms with Crippen LogP contribution in [0.5, 0.6) is 0 Å². The molecule has 2 aromatic carbocycles. The third-order valence-corrected chi connectivity index (χ3v) is 4.69. The van der Waals surface area contributed by atoms with E-state index in [0.29, 0.717) is 6.61 Å². The number of carbonyl (C=O) groups excluding carboxylic acids is 1. The first-order valence-corrected chi connectivity index (χ1v) is 8.91. The van der Waals surface area contributed by atoms with E-state index in [0.717, 1.165) is 27.4 Å². The SMILES string of the molecule is COCc1cccc(-c2csc(C(NC(C)=O)c3ccccc3)n2)c1. The molecule has 1 unspecified atom stereocenters. The maximum atomic E-state index is 11.6. The Morgan fingerprint density at radius 3 is 2.72 bits per heavy atom. The molecule has 0 radical (unpaired) electrons. The highest BCUT2D eigenvalue weighted by atomic mass is 32.1. The van der Waals surface area contributed by atoms with Crippen molar-refractivity contribution in [2.75, 3.05) is 7.11 Å². The molecule has 25 heavy (non-hydrogen) atoms. The molecule has 0 aliphatic heterocycles. The first kappa shape index (κ1) is 17.3. The summed E-state index contributed by atoms with van der Waals surface area (Å²) >= 11 is 1.55. The van der Waals surface area contributed by atoms with Gasteiger partial charge in [-0.15, -0.1) is 11.3 Å². The van der Waals surface area contributed by atoms with Gasteiger partial charge in [-0.2, -0.15) is 0 Å². The minimum absolute atomic E-state index is 0.0762. The highest BCUT2D eigenvalue weighted by molar-refractivity contribution is 7.10. The van der Waals surface area contributed by atoms with Crippen LogP contribution in [0.3, 0.4) is 0 Å². The average molecular weight is 352 g/mol. The molecule has 1 N–H and O–H groups in total. The van der Waals surface area contributed by atoms with Crippen molar-refractivity contribution in [3.8, 4) is 11.3 Å². The molecule has 1 heterocycles. The van der Waals surface area contributed by atoms with Crippen LogP contribution in [0.2, 0.25) is 0 Å². The molecule has 0 aliphatic carbocycles. The summed E-state index contributed by atoms with van der Waals surface area (Å²) in [5.41, 5.74) is 4.08. The van der Waals surface area contributed by atoms with Gasteiger partial charge in [0.05, 0.1) is 12.3 Å². The van der Waals surface area contributed by atoms with Gasteiger partial charge in [0.15, 0.2) is 0 Å². The molecule has 5 heteroatoms. The summed E-state index contributed by atoms with van der Waals surface area (Å²) in [7, 11) is 1.69. The lowest BCUT2D eigenvalue weighted by molar-refractivity contribution is -0.119. The summed E-state index contributed by atoms with van der Waals surface area (Å²) in [6.07, 6.45) is 0. The van der Waals surface area contributed by atoms with Gasteiger partial charge in [-0.05, 0) is 17.2 Å². The number of hydrogen-bond donors (Lipinski definition) is 1. The molecule has 1 aromatic heterocycles. The fourth-order valence-corrected chi connectivity index (χ4v) is 3.58. The molecule has 1 amide bonds. The van der Waals surface area contributed by atoms with E-state index in [-0.39, 0.29) is 11.9 Å². The largest absolute Gasteiger partial charge is 0.380 e. The fourth-order valence-electron chi connectivity index (χ4n) is 2.68. The third-order valence-electron chi connectivity index (χ3n) is 3.78. The minimum Gasteiger partial charge on any atom is -0.380 e. The second kappa shape index (κ2) is 8.05. The Morgan fingerprint density at radius 2 is 2.00 bits per heavy atom. The normalized spacial score (nSPS) is 11.9. The zero-order chi connectivity index (χ0) is 17.6. The first-order valence-electron chi connectivity index (χ1n) is 8.03. The van der Waals surface area contributed by atoms with Crippen LogP contribution in [0.4, 0.5) is 0 Å². The van der Waals surface area contributed by atoms with Crippen LogP contribution in [0.1, 0.15) is 29.1 Å². The number of nitrogens with one attached hydrogen (secondary N) is 1. The minimum atomic E-state index is -0.236. The van der Waals surface area contributed by atoms with E-state index in [2.05, 4.69) is 11.4 Å². The summed E-state index contributed by atoms with van der Waals surface area (Å²) in [5, 5.41) is 5.89. The summed E-state index contributed by atoms with van der Waals surface area (Å²) in [6.45, 7) is 2.10. The monoisotopic (exact) mass is 352 g/mol. The van der Waals surface area contributed by atoms with E-state index in [1.807, 2.05) is 53.9 Å². The molecule has 3 aromatic rings. The fraction of sp³-hybridized carbons (Fsp3) is 0.200. The number of benzene rings is 2. The number of thiazole rings is 1. The number of methoxy groups -OCH3 is 1. The lowest BCUT2D eigenvalue weighted by Crippen LogP contribution is -2.26. The van der Waals surface area contributed by atoms with E-state index in [9.17, 15) is 4.79 Å². The van der Waals surface area contributed by atoms with Gasteiger partial charge in [0.2, 0.25) is 5.91 Å². The highest BCUT2D eigenvalue weighted by Gasteiger charge is 2.19. The summed E-state index contributed by atoms with van der Waals surface area (Å²) in [4.78, 5) is 16.4. The van der Waals surface area contributed by atoms with Crippen LogP contribution in [0.15, 0.2) is 60.0 Å². The Labute approximate surface area is 151 Å². The third kappa shape index (κ3) is 4.32. The first-order chi connectivity index (χ1) is 12.2. The summed E-state index contributed by atoms with van der Waals surface area (Å²) in [6, 6.07) is 17.8. The average Bonchev–Trinajstić information content (AvgIpc) is 3.11. The molecule has 0 saturated carbocycles. The molecule has 3 rings (SSSR count). The topological polar surface area (TPSA) is 51.2 Å². The number of rotatable bonds is 6. The zero-order valence-electron chi connectivity index (χ0n) is 14.2. The van der Waals surface area contributed by atoms with Gasteiger partial charge in [0, 0.05) is 25.0 Å². The molecule has 4 nitrogen and oxygen atoms in total. The van der Waals surface area contributed by atoms with Gasteiger partial charge in [0.25, 0.3) is 0 Å². The smallest absolute Gasteiger partial charge is 0.217 e. The van der Waals surface area contributed by atoms with Crippen molar-refractivity contribution in [3.63, 3.8) is 0 Å². The number of aromatic nitrogens is 1. The number of carbonyl (C=O) groups is 1. The Bertz CT molecular complexity index is 846. The van der Waals surface area contributed by atoms with Gasteiger partial charge in [-0.3, -0.25) is 4.79 Å². The quantitative estimate of drug-likeness (QED) is 0.724. The summed E-state index contributed by atoms with van der Waals surface area (Å²) < 4.78 is 5.20. The Morgan fingerprint density at radius 1 is 1.20 bits per heavy atom. The molecular formula is C20H20N2O2S. The molecule has 0 fully saturated rings. The van der Waals surface area contributed by atoms with Crippen molar-refractivity contribution >= 4 is 17.2 Å². The maximum Gasteiger partial charge on any atom is 0.217 e. The van der Waals surface area contributed by atoms with Gasteiger partial charge < -0.3 is 10.1 Å². The Hall–Kier alpha value is -2.50. The Balaban J connectivity index is 1.92. The lowest BCUT2D eigenvalue weighted by atomic mass is 10.1. The summed E-state index contributed by atoms with van der Waals surface area (Å²) in [5.74, 6) is -0.0762. The van der Waals surface area contributed by atoms with Crippen LogP contribution in [-0.2, 0) is 16.1 Å². The van der Waals surface area contributed by atoms with Crippen LogP contribution >= 0.6 is 11.3 Å². The van der Waals surface area contributed by atoms with E-state index < -0.39 is 0 Å². The van der Waals surface area contributed by atoms with Crippen molar-refractivity contribution < 1.29 is 9.53 Å². The van der Waals surface area contributed by atoms with E-state index in [1.54, 1.807) is 18.4 Å². The van der Waals surface area contributed by atoms with E-state index in [1.165, 1.54) is 6.92 Å². The number of hydrogen-bond acceptors (Lipinski definition) is 4. The second-order valence-corrected chi connectivity index (χ2v) is 6.64. The molecule has 128 valence electrons. The van der Waals surface area contributed by atoms with E-state index >= 15 is 0 Å². The predicted molar refractivity (Wildman–Crippen MR) is 100 cm³/mol. The number of nitrogens with zero attached hydrogens (tertiary/aromatic N) is 1. The molecule has 0 spiro atoms. The molecule has 0 aliphatic rings. The van der Waals surface area contributed by atoms with Crippen molar-refractivity contribution in [2.45, 2.75) is 19.6 Å². The van der Waals surface area contributed by atoms with Crippen molar-refractivity contribution in [2.24, 2.45) is 0 Å². The van der Waals surface area contributed by atoms with Crippen LogP contribution in [-0.4, -0.2) is 18.0 Å². The van der Waals surface area contributed by atoms with Gasteiger partial charge in [-0.1, -0.05) is 48.5 Å².